The molecule has 0 aliphatic carbocycles. The molecule has 1 heterocycles. The van der Waals surface area contributed by atoms with Crippen molar-refractivity contribution in [1.29, 1.82) is 5.41 Å². The van der Waals surface area contributed by atoms with Crippen LogP contribution < -0.4 is 10.5 Å². The first-order valence-electron chi connectivity index (χ1n) is 10.2. The fourth-order valence-corrected chi connectivity index (χ4v) is 2.36. The summed E-state index contributed by atoms with van der Waals surface area (Å²) in [6, 6.07) is 8.75. The van der Waals surface area contributed by atoms with E-state index in [0.717, 1.165) is 0 Å². The van der Waals surface area contributed by atoms with Crippen LogP contribution in [0, 0.1) is 11.3 Å². The number of hydrogen-bond donors (Lipinski definition) is 5. The number of ether oxygens (including phenoxy) is 2. The molecular weight excluding hydrogens is 525 g/mol. The smallest absolute Gasteiger partial charge is 0.481 e. The highest BCUT2D eigenvalue weighted by molar-refractivity contribution is 5.95. The van der Waals surface area contributed by atoms with Crippen molar-refractivity contribution in [2.45, 2.75) is 32.0 Å². The summed E-state index contributed by atoms with van der Waals surface area (Å²) >= 11 is 0. The number of carboxylic acid groups (broad SMARTS) is 2. The Labute approximate surface area is 211 Å². The lowest BCUT2D eigenvalue weighted by atomic mass is 10.1. The third-order valence-corrected chi connectivity index (χ3v) is 4.23. The Bertz CT molecular complexity index is 1190. The number of amidine groups is 1. The number of benzene rings is 1. The number of carbonyl (C=O) groups is 5. The first-order valence-corrected chi connectivity index (χ1v) is 10.2. The van der Waals surface area contributed by atoms with Crippen LogP contribution in [0.1, 0.15) is 35.2 Å². The molecule has 38 heavy (non-hydrogen) atoms. The second-order valence-corrected chi connectivity index (χ2v) is 7.36. The quantitative estimate of drug-likeness (QED) is 0.0991. The van der Waals surface area contributed by atoms with E-state index in [1.54, 1.807) is 0 Å². The van der Waals surface area contributed by atoms with Gasteiger partial charge in [0.05, 0.1) is 12.3 Å². The minimum absolute atomic E-state index is 0.0261. The summed E-state index contributed by atoms with van der Waals surface area (Å²) in [6.07, 6.45) is -7.95. The van der Waals surface area contributed by atoms with Crippen LogP contribution in [0.2, 0.25) is 0 Å². The van der Waals surface area contributed by atoms with Gasteiger partial charge < -0.3 is 34.9 Å². The van der Waals surface area contributed by atoms with Crippen LogP contribution in [0.25, 0.3) is 0 Å². The van der Waals surface area contributed by atoms with E-state index in [1.165, 1.54) is 43.3 Å². The Morgan fingerprint density at radius 3 is 2.05 bits per heavy atom. The zero-order chi connectivity index (χ0) is 29.2. The number of furan rings is 1. The maximum atomic E-state index is 12.2. The van der Waals surface area contributed by atoms with Gasteiger partial charge in [0, 0.05) is 12.0 Å². The number of alkyl halides is 3. The standard InChI is InChI=1S/C20H20N2O9.C2HF3O2/c1-10(18(26)31-19(27)14(23)9-16(24)25)8-13-6-7-15(29-13)20(28)30-12-4-2-11(3-5-12)17(21)22;3-2(4,5)1(6)7/h2-7,10,14,23H,8-9H2,1H3,(H3,21,22)(H,24,25);(H,6,7)/t10?,14-;/m1./s1. The average Bonchev–Trinajstić information content (AvgIpc) is 3.27. The number of nitrogen functional groups attached to an aromatic ring is 1. The second kappa shape index (κ2) is 13.5. The number of rotatable bonds is 9. The predicted molar refractivity (Wildman–Crippen MR) is 117 cm³/mol. The molecule has 0 aliphatic rings. The monoisotopic (exact) mass is 546 g/mol. The van der Waals surface area contributed by atoms with Crippen LogP contribution in [-0.2, 0) is 30.3 Å². The van der Waals surface area contributed by atoms with Crippen molar-refractivity contribution in [3.63, 3.8) is 0 Å². The molecule has 206 valence electrons. The number of aliphatic hydroxyl groups is 1. The van der Waals surface area contributed by atoms with E-state index in [9.17, 15) is 37.5 Å². The molecule has 13 nitrogen and oxygen atoms in total. The molecule has 6 N–H and O–H groups in total. The molecule has 0 radical (unpaired) electrons. The third-order valence-electron chi connectivity index (χ3n) is 4.23. The Morgan fingerprint density at radius 1 is 1.03 bits per heavy atom. The van der Waals surface area contributed by atoms with Crippen LogP contribution in [-0.4, -0.2) is 63.3 Å². The fourth-order valence-electron chi connectivity index (χ4n) is 2.36. The molecule has 1 unspecified atom stereocenters. The molecule has 0 fully saturated rings. The molecule has 0 aliphatic heterocycles. The zero-order valence-corrected chi connectivity index (χ0v) is 19.4. The molecule has 0 saturated heterocycles. The number of nitrogens with two attached hydrogens (primary N) is 1. The summed E-state index contributed by atoms with van der Waals surface area (Å²) in [5.74, 6) is -8.00. The first kappa shape index (κ1) is 31.3. The summed E-state index contributed by atoms with van der Waals surface area (Å²) in [7, 11) is 0. The average molecular weight is 546 g/mol. The molecule has 2 rings (SSSR count). The lowest BCUT2D eigenvalue weighted by molar-refractivity contribution is -0.192. The van der Waals surface area contributed by atoms with Gasteiger partial charge in [-0.2, -0.15) is 13.2 Å². The van der Waals surface area contributed by atoms with Gasteiger partial charge in [-0.25, -0.2) is 14.4 Å². The van der Waals surface area contributed by atoms with Gasteiger partial charge in [0.2, 0.25) is 5.76 Å². The van der Waals surface area contributed by atoms with E-state index < -0.39 is 54.5 Å². The van der Waals surface area contributed by atoms with Gasteiger partial charge in [0.1, 0.15) is 17.3 Å². The first-order chi connectivity index (χ1) is 17.5. The molecule has 0 bridgehead atoms. The summed E-state index contributed by atoms with van der Waals surface area (Å²) in [5, 5.41) is 32.3. The number of esters is 3. The van der Waals surface area contributed by atoms with Gasteiger partial charge in [-0.1, -0.05) is 6.92 Å². The third kappa shape index (κ3) is 10.5. The molecule has 0 saturated carbocycles. The molecule has 2 aromatic rings. The number of nitrogens with one attached hydrogen (secondary N) is 1. The molecule has 16 heteroatoms. The largest absolute Gasteiger partial charge is 0.490 e. The Kier molecular flexibility index (Phi) is 11.2. The minimum Gasteiger partial charge on any atom is -0.481 e. The van der Waals surface area contributed by atoms with Crippen molar-refractivity contribution >= 4 is 35.7 Å². The minimum atomic E-state index is -5.08. The summed E-state index contributed by atoms with van der Waals surface area (Å²) in [5.41, 5.74) is 5.82. The summed E-state index contributed by atoms with van der Waals surface area (Å²) in [6.45, 7) is 1.43. The van der Waals surface area contributed by atoms with Gasteiger partial charge in [-0.15, -0.1) is 0 Å². The van der Waals surface area contributed by atoms with Gasteiger partial charge >= 0.3 is 36.0 Å². The van der Waals surface area contributed by atoms with Crippen LogP contribution in [0.5, 0.6) is 5.75 Å². The molecule has 0 spiro atoms. The maximum absolute atomic E-state index is 12.2. The van der Waals surface area contributed by atoms with Gasteiger partial charge in [0.25, 0.3) is 0 Å². The SMILES string of the molecule is CC(Cc1ccc(C(=O)Oc2ccc(C(=N)N)cc2)o1)C(=O)OC(=O)[C@H](O)CC(=O)O.O=C(O)C(F)(F)F. The molecule has 0 amide bonds. The molecule has 2 atom stereocenters. The fraction of sp³-hybridized carbons (Fsp3) is 0.273. The van der Waals surface area contributed by atoms with Crippen LogP contribution >= 0.6 is 0 Å². The number of carbonyl (C=O) groups excluding carboxylic acids is 3. The Morgan fingerprint density at radius 2 is 1.58 bits per heavy atom. The lowest BCUT2D eigenvalue weighted by Gasteiger charge is -2.11. The second-order valence-electron chi connectivity index (χ2n) is 7.36. The molecule has 1 aromatic heterocycles. The number of halogens is 3. The zero-order valence-electron chi connectivity index (χ0n) is 19.4. The topological polar surface area (TPSA) is 228 Å². The van der Waals surface area contributed by atoms with E-state index in [1.807, 2.05) is 0 Å². The van der Waals surface area contributed by atoms with Crippen LogP contribution in [0.4, 0.5) is 13.2 Å². The van der Waals surface area contributed by atoms with Gasteiger partial charge in [-0.3, -0.25) is 15.0 Å². The van der Waals surface area contributed by atoms with Crippen molar-refractivity contribution in [3.8, 4) is 5.75 Å². The highest BCUT2D eigenvalue weighted by Crippen LogP contribution is 2.18. The van der Waals surface area contributed by atoms with Crippen molar-refractivity contribution < 1.29 is 66.4 Å². The number of aliphatic carboxylic acids is 2. The Balaban J connectivity index is 0.000000905. The van der Waals surface area contributed by atoms with E-state index in [-0.39, 0.29) is 29.5 Å². The van der Waals surface area contributed by atoms with Gasteiger partial charge in [0.15, 0.2) is 6.10 Å². The normalized spacial score (nSPS) is 12.2. The van der Waals surface area contributed by atoms with Crippen molar-refractivity contribution in [2.24, 2.45) is 11.7 Å². The van der Waals surface area contributed by atoms with E-state index in [0.29, 0.717) is 5.56 Å². The Hall–Kier alpha value is -4.73. The van der Waals surface area contributed by atoms with Crippen molar-refractivity contribution in [2.75, 3.05) is 0 Å². The maximum Gasteiger partial charge on any atom is 0.490 e. The molecular formula is C22H21F3N2O11. The lowest BCUT2D eigenvalue weighted by Crippen LogP contribution is -2.30. The molecule has 1 aromatic carbocycles. The highest BCUT2D eigenvalue weighted by atomic mass is 19.4. The van der Waals surface area contributed by atoms with E-state index in [2.05, 4.69) is 4.74 Å². The van der Waals surface area contributed by atoms with Crippen LogP contribution in [0.15, 0.2) is 40.8 Å². The van der Waals surface area contributed by atoms with Crippen molar-refractivity contribution in [3.05, 3.63) is 53.5 Å². The summed E-state index contributed by atoms with van der Waals surface area (Å²) in [4.78, 5) is 55.0. The number of aliphatic hydroxyl groups excluding tert-OH is 1. The highest BCUT2D eigenvalue weighted by Gasteiger charge is 2.38. The van der Waals surface area contributed by atoms with E-state index >= 15 is 0 Å². The van der Waals surface area contributed by atoms with Gasteiger partial charge in [-0.05, 0) is 36.4 Å². The van der Waals surface area contributed by atoms with E-state index in [4.69, 9.17) is 35.3 Å². The predicted octanol–water partition coefficient (Wildman–Crippen LogP) is 1.50. The summed E-state index contributed by atoms with van der Waals surface area (Å²) < 4.78 is 46.7. The van der Waals surface area contributed by atoms with Crippen molar-refractivity contribution in [1.82, 2.24) is 0 Å². The number of hydrogen-bond acceptors (Lipinski definition) is 10. The van der Waals surface area contributed by atoms with Crippen LogP contribution in [0.3, 0.4) is 0 Å². The number of carboxylic acids is 2.